The van der Waals surface area contributed by atoms with Crippen molar-refractivity contribution in [2.24, 2.45) is 0 Å². The fourth-order valence-electron chi connectivity index (χ4n) is 2.77. The van der Waals surface area contributed by atoms with Crippen LogP contribution in [0.5, 0.6) is 0 Å². The zero-order valence-electron chi connectivity index (χ0n) is 13.8. The Morgan fingerprint density at radius 1 is 1.45 bits per heavy atom. The van der Waals surface area contributed by atoms with Crippen molar-refractivity contribution < 1.29 is 4.79 Å². The largest absolute Gasteiger partial charge is 0.383 e. The Morgan fingerprint density at radius 3 is 3.09 bits per heavy atom. The Labute approximate surface area is 133 Å². The summed E-state index contributed by atoms with van der Waals surface area (Å²) in [5.74, 6) is -0.0908. The number of rotatable bonds is 7. The van der Waals surface area contributed by atoms with Crippen LogP contribution in [-0.2, 0) is 0 Å². The molecule has 22 heavy (non-hydrogen) atoms. The molecule has 1 aliphatic rings. The molecule has 0 aliphatic carbocycles. The lowest BCUT2D eigenvalue weighted by atomic mass is 10.0. The summed E-state index contributed by atoms with van der Waals surface area (Å²) in [6, 6.07) is 4.33. The van der Waals surface area contributed by atoms with Crippen molar-refractivity contribution in [2.45, 2.75) is 45.1 Å². The van der Waals surface area contributed by atoms with Crippen molar-refractivity contribution in [3.8, 4) is 0 Å². The van der Waals surface area contributed by atoms with Gasteiger partial charge in [-0.3, -0.25) is 9.78 Å². The monoisotopic (exact) mass is 304 g/mol. The Morgan fingerprint density at radius 2 is 2.32 bits per heavy atom. The SMILES string of the molecule is CCCCNC(=O)c1cc(NC[C@H]2CCCCN2C)ccn1. The second kappa shape index (κ2) is 8.73. The summed E-state index contributed by atoms with van der Waals surface area (Å²) < 4.78 is 0. The summed E-state index contributed by atoms with van der Waals surface area (Å²) in [5.41, 5.74) is 1.45. The second-order valence-electron chi connectivity index (χ2n) is 6.05. The predicted octanol–water partition coefficient (Wildman–Crippen LogP) is 2.51. The number of amides is 1. The Bertz CT molecular complexity index is 477. The molecule has 0 saturated carbocycles. The molecule has 5 heteroatoms. The number of nitrogens with zero attached hydrogens (tertiary/aromatic N) is 2. The average Bonchev–Trinajstić information content (AvgIpc) is 2.54. The molecule has 1 aromatic heterocycles. The lowest BCUT2D eigenvalue weighted by Gasteiger charge is -2.32. The molecular formula is C17H28N4O. The van der Waals surface area contributed by atoms with E-state index in [1.165, 1.54) is 25.8 Å². The van der Waals surface area contributed by atoms with E-state index in [1.807, 2.05) is 12.1 Å². The lowest BCUT2D eigenvalue weighted by molar-refractivity contribution is 0.0948. The van der Waals surface area contributed by atoms with Crippen LogP contribution in [0.15, 0.2) is 18.3 Å². The fourth-order valence-corrected chi connectivity index (χ4v) is 2.77. The molecule has 2 heterocycles. The molecular weight excluding hydrogens is 276 g/mol. The van der Waals surface area contributed by atoms with Crippen LogP contribution in [0, 0.1) is 0 Å². The Balaban J connectivity index is 1.86. The van der Waals surface area contributed by atoms with Gasteiger partial charge in [-0.15, -0.1) is 0 Å². The summed E-state index contributed by atoms with van der Waals surface area (Å²) in [7, 11) is 2.19. The second-order valence-corrected chi connectivity index (χ2v) is 6.05. The quantitative estimate of drug-likeness (QED) is 0.760. The van der Waals surface area contributed by atoms with Crippen molar-refractivity contribution in [1.82, 2.24) is 15.2 Å². The number of piperidine rings is 1. The molecule has 0 radical (unpaired) electrons. The lowest BCUT2D eigenvalue weighted by Crippen LogP contribution is -2.40. The van der Waals surface area contributed by atoms with E-state index in [4.69, 9.17) is 0 Å². The van der Waals surface area contributed by atoms with Crippen molar-refractivity contribution in [1.29, 1.82) is 0 Å². The van der Waals surface area contributed by atoms with Gasteiger partial charge in [0.25, 0.3) is 5.91 Å². The van der Waals surface area contributed by atoms with E-state index >= 15 is 0 Å². The van der Waals surface area contributed by atoms with Gasteiger partial charge in [0, 0.05) is 31.0 Å². The van der Waals surface area contributed by atoms with E-state index in [0.717, 1.165) is 25.1 Å². The highest BCUT2D eigenvalue weighted by Gasteiger charge is 2.18. The predicted molar refractivity (Wildman–Crippen MR) is 90.2 cm³/mol. The molecule has 1 atom stereocenters. The van der Waals surface area contributed by atoms with Gasteiger partial charge >= 0.3 is 0 Å². The molecule has 2 N–H and O–H groups in total. The van der Waals surface area contributed by atoms with E-state index in [1.54, 1.807) is 6.20 Å². The summed E-state index contributed by atoms with van der Waals surface area (Å²) >= 11 is 0. The average molecular weight is 304 g/mol. The molecule has 0 aromatic carbocycles. The van der Waals surface area contributed by atoms with Crippen molar-refractivity contribution in [3.05, 3.63) is 24.0 Å². The van der Waals surface area contributed by atoms with Gasteiger partial charge < -0.3 is 15.5 Å². The molecule has 0 spiro atoms. The van der Waals surface area contributed by atoms with E-state index < -0.39 is 0 Å². The first-order chi connectivity index (χ1) is 10.7. The number of unbranched alkanes of at least 4 members (excludes halogenated alkanes) is 1. The molecule has 1 amide bonds. The fraction of sp³-hybridized carbons (Fsp3) is 0.647. The summed E-state index contributed by atoms with van der Waals surface area (Å²) in [6.45, 7) is 4.91. The third-order valence-electron chi connectivity index (χ3n) is 4.27. The summed E-state index contributed by atoms with van der Waals surface area (Å²) in [4.78, 5) is 18.6. The van der Waals surface area contributed by atoms with Gasteiger partial charge in [0.1, 0.15) is 5.69 Å². The third kappa shape index (κ3) is 4.98. The number of aromatic nitrogens is 1. The van der Waals surface area contributed by atoms with Crippen molar-refractivity contribution >= 4 is 11.6 Å². The zero-order valence-corrected chi connectivity index (χ0v) is 13.8. The van der Waals surface area contributed by atoms with Crippen LogP contribution in [-0.4, -0.2) is 48.5 Å². The van der Waals surface area contributed by atoms with Crippen LogP contribution in [0.4, 0.5) is 5.69 Å². The minimum absolute atomic E-state index is 0.0908. The van der Waals surface area contributed by atoms with Gasteiger partial charge in [-0.2, -0.15) is 0 Å². The number of hydrogen-bond acceptors (Lipinski definition) is 4. The van der Waals surface area contributed by atoms with Crippen LogP contribution in [0.1, 0.15) is 49.5 Å². The minimum Gasteiger partial charge on any atom is -0.383 e. The van der Waals surface area contributed by atoms with Crippen LogP contribution in [0.25, 0.3) is 0 Å². The number of pyridine rings is 1. The molecule has 0 unspecified atom stereocenters. The van der Waals surface area contributed by atoms with Gasteiger partial charge in [-0.1, -0.05) is 19.8 Å². The molecule has 1 saturated heterocycles. The first-order valence-corrected chi connectivity index (χ1v) is 8.39. The number of anilines is 1. The Kier molecular flexibility index (Phi) is 6.65. The number of likely N-dealkylation sites (N-methyl/N-ethyl adjacent to an activating group) is 1. The molecule has 2 rings (SSSR count). The first kappa shape index (κ1) is 16.7. The highest BCUT2D eigenvalue weighted by atomic mass is 16.1. The van der Waals surface area contributed by atoms with Crippen LogP contribution in [0.2, 0.25) is 0 Å². The highest BCUT2D eigenvalue weighted by molar-refractivity contribution is 5.93. The maximum absolute atomic E-state index is 12.0. The topological polar surface area (TPSA) is 57.3 Å². The molecule has 5 nitrogen and oxygen atoms in total. The van der Waals surface area contributed by atoms with Gasteiger partial charge in [0.15, 0.2) is 0 Å². The maximum Gasteiger partial charge on any atom is 0.269 e. The number of likely N-dealkylation sites (tertiary alicyclic amines) is 1. The first-order valence-electron chi connectivity index (χ1n) is 8.39. The number of nitrogens with one attached hydrogen (secondary N) is 2. The van der Waals surface area contributed by atoms with E-state index in [2.05, 4.69) is 34.5 Å². The van der Waals surface area contributed by atoms with Crippen LogP contribution in [0.3, 0.4) is 0 Å². The highest BCUT2D eigenvalue weighted by Crippen LogP contribution is 2.16. The maximum atomic E-state index is 12.0. The number of carbonyl (C=O) groups excluding carboxylic acids is 1. The van der Waals surface area contributed by atoms with E-state index in [0.29, 0.717) is 18.3 Å². The Hall–Kier alpha value is -1.62. The summed E-state index contributed by atoms with van der Waals surface area (Å²) in [5, 5.41) is 6.35. The number of hydrogen-bond donors (Lipinski definition) is 2. The van der Waals surface area contributed by atoms with Crippen LogP contribution >= 0.6 is 0 Å². The van der Waals surface area contributed by atoms with Crippen molar-refractivity contribution in [3.63, 3.8) is 0 Å². The molecule has 122 valence electrons. The van der Waals surface area contributed by atoms with Crippen LogP contribution < -0.4 is 10.6 Å². The van der Waals surface area contributed by atoms with Gasteiger partial charge in [0.2, 0.25) is 0 Å². The molecule has 0 bridgehead atoms. The van der Waals surface area contributed by atoms with Gasteiger partial charge in [-0.05, 0) is 45.0 Å². The van der Waals surface area contributed by atoms with E-state index in [9.17, 15) is 4.79 Å². The van der Waals surface area contributed by atoms with Gasteiger partial charge in [0.05, 0.1) is 0 Å². The van der Waals surface area contributed by atoms with Crippen molar-refractivity contribution in [2.75, 3.05) is 32.0 Å². The summed E-state index contributed by atoms with van der Waals surface area (Å²) in [6.07, 6.45) is 7.60. The number of carbonyl (C=O) groups is 1. The minimum atomic E-state index is -0.0908. The molecule has 1 aromatic rings. The zero-order chi connectivity index (χ0) is 15.8. The van der Waals surface area contributed by atoms with Gasteiger partial charge in [-0.25, -0.2) is 0 Å². The smallest absolute Gasteiger partial charge is 0.269 e. The normalized spacial score (nSPS) is 18.9. The third-order valence-corrected chi connectivity index (χ3v) is 4.27. The molecule has 1 fully saturated rings. The standard InChI is InChI=1S/C17H28N4O/c1-3-4-9-19-17(22)16-12-14(8-10-18-16)20-13-15-7-5-6-11-21(15)2/h8,10,12,15H,3-7,9,11,13H2,1-2H3,(H,18,20)(H,19,22)/t15-/m1/s1. The van der Waals surface area contributed by atoms with E-state index in [-0.39, 0.29) is 5.91 Å². The molecule has 1 aliphatic heterocycles.